The molecule has 1 aliphatic rings. The van der Waals surface area contributed by atoms with Gasteiger partial charge < -0.3 is 0 Å². The van der Waals surface area contributed by atoms with E-state index in [1.165, 1.54) is 33.4 Å². The van der Waals surface area contributed by atoms with Crippen molar-refractivity contribution in [2.75, 3.05) is 0 Å². The molecule has 0 radical (unpaired) electrons. The quantitative estimate of drug-likeness (QED) is 0.153. The van der Waals surface area contributed by atoms with Crippen LogP contribution in [0.1, 0.15) is 23.7 Å². The Morgan fingerprint density at radius 3 is 1.47 bits per heavy atom. The van der Waals surface area contributed by atoms with Gasteiger partial charge in [-0.3, -0.25) is 0 Å². The van der Waals surface area contributed by atoms with Crippen LogP contribution in [0.4, 0.5) is 0 Å². The van der Waals surface area contributed by atoms with E-state index in [9.17, 15) is 0 Å². The monoisotopic (exact) mass is 842 g/mol. The summed E-state index contributed by atoms with van der Waals surface area (Å²) in [6.07, 6.45) is 7.65. The SMILES string of the molecule is C1=CC(c2cccc(-c3ccccc3)c2)=CC(c2nc(-c3ccc(-c4nc(-c5cccc(-c6cccc(-c7ccccc7)c6)c5)c5ccccc5n4)c4ccccc34)c3ccccc3n2)C1. The average molecular weight is 843 g/mol. The molecular weight excluding hydrogens is 801 g/mol. The maximum absolute atomic E-state index is 5.47. The number of nitrogens with zero attached hydrogens (tertiary/aromatic N) is 4. The first-order valence-electron chi connectivity index (χ1n) is 22.6. The van der Waals surface area contributed by atoms with Crippen LogP contribution in [0.15, 0.2) is 237 Å². The molecule has 0 bridgehead atoms. The van der Waals surface area contributed by atoms with Gasteiger partial charge in [-0.15, -0.1) is 0 Å². The highest BCUT2D eigenvalue weighted by Gasteiger charge is 2.22. The number of fused-ring (bicyclic) bond motifs is 3. The third-order valence-corrected chi connectivity index (χ3v) is 12.8. The second-order valence-electron chi connectivity index (χ2n) is 16.9. The van der Waals surface area contributed by atoms with Gasteiger partial charge in [0.2, 0.25) is 0 Å². The summed E-state index contributed by atoms with van der Waals surface area (Å²) in [5.41, 5.74) is 16.1. The Bertz CT molecular complexity index is 3680. The normalized spacial score (nSPS) is 13.6. The van der Waals surface area contributed by atoms with Gasteiger partial charge in [-0.1, -0.05) is 200 Å². The zero-order valence-corrected chi connectivity index (χ0v) is 36.1. The molecule has 11 aromatic rings. The Labute approximate surface area is 384 Å². The van der Waals surface area contributed by atoms with Crippen LogP contribution in [0, 0.1) is 0 Å². The van der Waals surface area contributed by atoms with Gasteiger partial charge in [0.15, 0.2) is 5.82 Å². The van der Waals surface area contributed by atoms with Crippen LogP contribution in [0.2, 0.25) is 0 Å². The van der Waals surface area contributed by atoms with E-state index in [-0.39, 0.29) is 5.92 Å². The molecule has 0 aliphatic heterocycles. The highest BCUT2D eigenvalue weighted by Crippen LogP contribution is 2.40. The van der Waals surface area contributed by atoms with E-state index in [4.69, 9.17) is 19.9 Å². The lowest BCUT2D eigenvalue weighted by Crippen LogP contribution is -2.06. The van der Waals surface area contributed by atoms with Gasteiger partial charge in [0.1, 0.15) is 5.82 Å². The van der Waals surface area contributed by atoms with Gasteiger partial charge in [0.25, 0.3) is 0 Å². The van der Waals surface area contributed by atoms with Crippen molar-refractivity contribution in [3.63, 3.8) is 0 Å². The number of hydrogen-bond donors (Lipinski definition) is 0. The average Bonchev–Trinajstić information content (AvgIpc) is 3.40. The lowest BCUT2D eigenvalue weighted by Gasteiger charge is -2.19. The highest BCUT2D eigenvalue weighted by atomic mass is 14.9. The van der Waals surface area contributed by atoms with E-state index in [2.05, 4.69) is 237 Å². The van der Waals surface area contributed by atoms with Crippen molar-refractivity contribution in [3.8, 4) is 67.3 Å². The second kappa shape index (κ2) is 16.8. The van der Waals surface area contributed by atoms with Crippen molar-refractivity contribution >= 4 is 38.2 Å². The van der Waals surface area contributed by atoms with Gasteiger partial charge in [0.05, 0.1) is 22.4 Å². The number of aromatic nitrogens is 4. The van der Waals surface area contributed by atoms with E-state index in [0.29, 0.717) is 5.82 Å². The number of rotatable bonds is 8. The molecule has 12 rings (SSSR count). The number of para-hydroxylation sites is 2. The molecule has 0 spiro atoms. The molecule has 66 heavy (non-hydrogen) atoms. The molecular formula is C62H42N4. The van der Waals surface area contributed by atoms with Gasteiger partial charge in [-0.25, -0.2) is 19.9 Å². The van der Waals surface area contributed by atoms with E-state index in [1.54, 1.807) is 0 Å². The third kappa shape index (κ3) is 7.35. The Kier molecular flexibility index (Phi) is 9.95. The minimum absolute atomic E-state index is 0.00926. The lowest BCUT2D eigenvalue weighted by atomic mass is 9.90. The van der Waals surface area contributed by atoms with E-state index in [1.807, 2.05) is 0 Å². The summed E-state index contributed by atoms with van der Waals surface area (Å²) in [5.74, 6) is 1.50. The van der Waals surface area contributed by atoms with E-state index in [0.717, 1.165) is 84.0 Å². The molecule has 1 atom stereocenters. The molecule has 4 heteroatoms. The summed E-state index contributed by atoms with van der Waals surface area (Å²) in [6, 6.07) is 77.0. The minimum atomic E-state index is 0.00926. The zero-order chi connectivity index (χ0) is 43.8. The van der Waals surface area contributed by atoms with Crippen molar-refractivity contribution in [1.82, 2.24) is 19.9 Å². The lowest BCUT2D eigenvalue weighted by molar-refractivity contribution is 0.784. The molecule has 0 N–H and O–H groups in total. The van der Waals surface area contributed by atoms with E-state index >= 15 is 0 Å². The summed E-state index contributed by atoms with van der Waals surface area (Å²) >= 11 is 0. The van der Waals surface area contributed by atoms with Crippen LogP contribution in [0.5, 0.6) is 0 Å². The second-order valence-corrected chi connectivity index (χ2v) is 16.9. The molecule has 0 fully saturated rings. The fourth-order valence-electron chi connectivity index (χ4n) is 9.50. The van der Waals surface area contributed by atoms with Gasteiger partial charge in [-0.05, 0) is 98.1 Å². The van der Waals surface area contributed by atoms with Crippen molar-refractivity contribution in [3.05, 3.63) is 248 Å². The zero-order valence-electron chi connectivity index (χ0n) is 36.1. The van der Waals surface area contributed by atoms with Gasteiger partial charge in [0, 0.05) is 33.4 Å². The summed E-state index contributed by atoms with van der Waals surface area (Å²) in [7, 11) is 0. The predicted molar refractivity (Wildman–Crippen MR) is 274 cm³/mol. The maximum Gasteiger partial charge on any atom is 0.161 e. The molecule has 2 aromatic heterocycles. The highest BCUT2D eigenvalue weighted by molar-refractivity contribution is 6.08. The van der Waals surface area contributed by atoms with Crippen LogP contribution in [0.25, 0.3) is 105 Å². The summed E-state index contributed by atoms with van der Waals surface area (Å²) in [6.45, 7) is 0. The Hall–Kier alpha value is -8.60. The van der Waals surface area contributed by atoms with Crippen molar-refractivity contribution < 1.29 is 0 Å². The summed E-state index contributed by atoms with van der Waals surface area (Å²) < 4.78 is 0. The molecule has 0 saturated carbocycles. The van der Waals surface area contributed by atoms with Crippen molar-refractivity contribution in [2.24, 2.45) is 0 Å². The molecule has 0 amide bonds. The van der Waals surface area contributed by atoms with Crippen molar-refractivity contribution in [2.45, 2.75) is 12.3 Å². The first-order chi connectivity index (χ1) is 32.7. The van der Waals surface area contributed by atoms with Crippen LogP contribution in [0.3, 0.4) is 0 Å². The summed E-state index contributed by atoms with van der Waals surface area (Å²) in [5, 5.41) is 4.17. The largest absolute Gasteiger partial charge is 0.232 e. The standard InChI is InChI=1S/C62H42N4/c1-3-17-41(18-4-1)43-21-13-23-45(37-43)47-25-15-27-49(39-47)59-55-31-9-11-33-57(55)64-62(65-59)54-36-35-53(51-29-7-8-30-52(51)54)60-56-32-10-12-34-58(56)63-61(66-60)50-28-16-26-48(40-50)46-24-14-22-44(38-46)42-19-5-2-6-20-42/h1-27,29-40,50H,28H2. The topological polar surface area (TPSA) is 51.6 Å². The van der Waals surface area contributed by atoms with E-state index < -0.39 is 0 Å². The Balaban J connectivity index is 0.949. The molecule has 1 unspecified atom stereocenters. The molecule has 9 aromatic carbocycles. The van der Waals surface area contributed by atoms with Crippen LogP contribution in [-0.4, -0.2) is 19.9 Å². The smallest absolute Gasteiger partial charge is 0.161 e. The molecule has 0 saturated heterocycles. The molecule has 2 heterocycles. The number of hydrogen-bond acceptors (Lipinski definition) is 4. The molecule has 1 aliphatic carbocycles. The number of benzene rings is 9. The minimum Gasteiger partial charge on any atom is -0.232 e. The maximum atomic E-state index is 5.47. The number of allylic oxidation sites excluding steroid dienone is 4. The third-order valence-electron chi connectivity index (χ3n) is 12.8. The Morgan fingerprint density at radius 1 is 0.333 bits per heavy atom. The fraction of sp³-hybridized carbons (Fsp3) is 0.0323. The van der Waals surface area contributed by atoms with Crippen LogP contribution < -0.4 is 0 Å². The van der Waals surface area contributed by atoms with Crippen molar-refractivity contribution in [1.29, 1.82) is 0 Å². The first-order valence-corrected chi connectivity index (χ1v) is 22.6. The first kappa shape index (κ1) is 39.0. The van der Waals surface area contributed by atoms with Gasteiger partial charge in [-0.2, -0.15) is 0 Å². The predicted octanol–water partition coefficient (Wildman–Crippen LogP) is 15.9. The van der Waals surface area contributed by atoms with Gasteiger partial charge >= 0.3 is 0 Å². The molecule has 4 nitrogen and oxygen atoms in total. The van der Waals surface area contributed by atoms with Crippen LogP contribution in [-0.2, 0) is 0 Å². The summed E-state index contributed by atoms with van der Waals surface area (Å²) in [4.78, 5) is 21.4. The molecule has 310 valence electrons. The van der Waals surface area contributed by atoms with Crippen LogP contribution >= 0.6 is 0 Å². The fourth-order valence-corrected chi connectivity index (χ4v) is 9.50. The Morgan fingerprint density at radius 2 is 0.803 bits per heavy atom.